The Morgan fingerprint density at radius 2 is 1.77 bits per heavy atom. The van der Waals surface area contributed by atoms with Gasteiger partial charge < -0.3 is 4.74 Å². The van der Waals surface area contributed by atoms with Crippen molar-refractivity contribution in [3.05, 3.63) is 42.0 Å². The average Bonchev–Trinajstić information content (AvgIpc) is 2.53. The summed E-state index contributed by atoms with van der Waals surface area (Å²) in [5, 5.41) is 0. The predicted molar refractivity (Wildman–Crippen MR) is 106 cm³/mol. The molecule has 1 aromatic rings. The van der Waals surface area contributed by atoms with E-state index in [0.717, 1.165) is 5.56 Å². The van der Waals surface area contributed by atoms with Crippen LogP contribution in [0.3, 0.4) is 0 Å². The summed E-state index contributed by atoms with van der Waals surface area (Å²) in [6.07, 6.45) is 3.79. The molecule has 0 aliphatic heterocycles. The van der Waals surface area contributed by atoms with Crippen LogP contribution in [-0.4, -0.2) is 31.8 Å². The highest BCUT2D eigenvalue weighted by atomic mass is 32.2. The van der Waals surface area contributed by atoms with Crippen molar-refractivity contribution in [1.29, 1.82) is 0 Å². The zero-order valence-corrected chi connectivity index (χ0v) is 17.3. The molecule has 146 valence electrons. The normalized spacial score (nSPS) is 15.2. The SMILES string of the molecule is CCOC(=O)[C@@H](NS(=O)(=O)C(C)(C)C)[C@@H](/C=C/c1ccccc1)C(C)C. The fourth-order valence-electron chi connectivity index (χ4n) is 2.36. The van der Waals surface area contributed by atoms with Crippen molar-refractivity contribution in [2.75, 3.05) is 6.61 Å². The van der Waals surface area contributed by atoms with Crippen LogP contribution in [0.25, 0.3) is 6.08 Å². The number of ether oxygens (including phenoxy) is 1. The van der Waals surface area contributed by atoms with E-state index in [-0.39, 0.29) is 18.4 Å². The minimum absolute atomic E-state index is 0.0343. The van der Waals surface area contributed by atoms with E-state index in [9.17, 15) is 13.2 Å². The number of carbonyl (C=O) groups is 1. The maximum Gasteiger partial charge on any atom is 0.324 e. The lowest BCUT2D eigenvalue weighted by Gasteiger charge is -2.30. The van der Waals surface area contributed by atoms with Gasteiger partial charge in [0, 0.05) is 5.92 Å². The molecular weight excluding hydrogens is 350 g/mol. The lowest BCUT2D eigenvalue weighted by atomic mass is 9.88. The molecule has 0 radical (unpaired) electrons. The van der Waals surface area contributed by atoms with E-state index in [0.29, 0.717) is 0 Å². The number of nitrogens with one attached hydrogen (secondary N) is 1. The number of rotatable bonds is 8. The molecule has 0 aliphatic carbocycles. The third-order valence-corrected chi connectivity index (χ3v) is 6.27. The van der Waals surface area contributed by atoms with Gasteiger partial charge in [-0.2, -0.15) is 4.72 Å². The fraction of sp³-hybridized carbons (Fsp3) is 0.550. The van der Waals surface area contributed by atoms with Gasteiger partial charge in [-0.25, -0.2) is 8.42 Å². The third-order valence-electron chi connectivity index (χ3n) is 4.09. The molecule has 0 fully saturated rings. The molecule has 0 aliphatic rings. The Morgan fingerprint density at radius 3 is 2.23 bits per heavy atom. The Morgan fingerprint density at radius 1 is 1.19 bits per heavy atom. The highest BCUT2D eigenvalue weighted by Crippen LogP contribution is 2.23. The van der Waals surface area contributed by atoms with Gasteiger partial charge in [-0.05, 0) is 39.2 Å². The van der Waals surface area contributed by atoms with Gasteiger partial charge in [0.05, 0.1) is 11.4 Å². The molecule has 5 nitrogen and oxygen atoms in total. The third kappa shape index (κ3) is 6.25. The summed E-state index contributed by atoms with van der Waals surface area (Å²) in [4.78, 5) is 12.5. The summed E-state index contributed by atoms with van der Waals surface area (Å²) in [6, 6.07) is 8.71. The van der Waals surface area contributed by atoms with Gasteiger partial charge in [-0.1, -0.05) is 56.3 Å². The van der Waals surface area contributed by atoms with E-state index in [1.54, 1.807) is 27.7 Å². The number of carbonyl (C=O) groups excluding carboxylic acids is 1. The Bertz CT molecular complexity index is 703. The monoisotopic (exact) mass is 381 g/mol. The summed E-state index contributed by atoms with van der Waals surface area (Å²) in [7, 11) is -3.71. The Kier molecular flexibility index (Phi) is 8.03. The van der Waals surface area contributed by atoms with Gasteiger partial charge in [-0.3, -0.25) is 4.79 Å². The van der Waals surface area contributed by atoms with Gasteiger partial charge in [0.25, 0.3) is 0 Å². The van der Waals surface area contributed by atoms with Crippen molar-refractivity contribution < 1.29 is 17.9 Å². The summed E-state index contributed by atoms with van der Waals surface area (Å²) < 4.78 is 32.0. The Labute approximate surface area is 157 Å². The van der Waals surface area contributed by atoms with Crippen LogP contribution in [0.15, 0.2) is 36.4 Å². The van der Waals surface area contributed by atoms with Crippen LogP contribution in [0.1, 0.15) is 47.1 Å². The van der Waals surface area contributed by atoms with Crippen molar-refractivity contribution >= 4 is 22.1 Å². The van der Waals surface area contributed by atoms with E-state index in [1.807, 2.05) is 56.3 Å². The van der Waals surface area contributed by atoms with Crippen LogP contribution < -0.4 is 4.72 Å². The van der Waals surface area contributed by atoms with Crippen molar-refractivity contribution in [2.24, 2.45) is 11.8 Å². The molecule has 0 saturated carbocycles. The lowest BCUT2D eigenvalue weighted by Crippen LogP contribution is -2.52. The van der Waals surface area contributed by atoms with Crippen LogP contribution in [-0.2, 0) is 19.6 Å². The first-order valence-electron chi connectivity index (χ1n) is 8.91. The van der Waals surface area contributed by atoms with Crippen molar-refractivity contribution in [3.63, 3.8) is 0 Å². The Balaban J connectivity index is 3.22. The topological polar surface area (TPSA) is 72.5 Å². The second-order valence-corrected chi connectivity index (χ2v) is 10.0. The van der Waals surface area contributed by atoms with Crippen LogP contribution in [0.4, 0.5) is 0 Å². The summed E-state index contributed by atoms with van der Waals surface area (Å²) in [6.45, 7) is 10.6. The van der Waals surface area contributed by atoms with Crippen LogP contribution in [0.2, 0.25) is 0 Å². The largest absolute Gasteiger partial charge is 0.465 e. The predicted octanol–water partition coefficient (Wildman–Crippen LogP) is 3.62. The first-order valence-corrected chi connectivity index (χ1v) is 10.4. The highest BCUT2D eigenvalue weighted by molar-refractivity contribution is 7.90. The number of benzene rings is 1. The summed E-state index contributed by atoms with van der Waals surface area (Å²) in [5.74, 6) is -0.866. The molecule has 0 unspecified atom stereocenters. The number of hydrogen-bond donors (Lipinski definition) is 1. The van der Waals surface area contributed by atoms with Gasteiger partial charge in [0.2, 0.25) is 10.0 Å². The molecule has 0 heterocycles. The molecule has 1 aromatic carbocycles. The van der Waals surface area contributed by atoms with E-state index >= 15 is 0 Å². The van der Waals surface area contributed by atoms with Crippen LogP contribution in [0.5, 0.6) is 0 Å². The van der Waals surface area contributed by atoms with Gasteiger partial charge in [0.1, 0.15) is 6.04 Å². The number of sulfonamides is 1. The molecule has 1 rings (SSSR count). The van der Waals surface area contributed by atoms with Crippen molar-refractivity contribution in [1.82, 2.24) is 4.72 Å². The zero-order valence-electron chi connectivity index (χ0n) is 16.5. The number of esters is 1. The average molecular weight is 382 g/mol. The molecule has 0 bridgehead atoms. The highest BCUT2D eigenvalue weighted by Gasteiger charge is 2.38. The van der Waals surface area contributed by atoms with E-state index in [2.05, 4.69) is 4.72 Å². The summed E-state index contributed by atoms with van der Waals surface area (Å²) in [5.41, 5.74) is 0.986. The second-order valence-electron chi connectivity index (χ2n) is 7.55. The molecule has 1 N–H and O–H groups in total. The molecule has 2 atom stereocenters. The quantitative estimate of drug-likeness (QED) is 0.698. The first kappa shape index (κ1) is 22.4. The van der Waals surface area contributed by atoms with Gasteiger partial charge >= 0.3 is 5.97 Å². The first-order chi connectivity index (χ1) is 12.0. The zero-order chi connectivity index (χ0) is 20.0. The maximum absolute atomic E-state index is 12.6. The number of hydrogen-bond acceptors (Lipinski definition) is 4. The van der Waals surface area contributed by atoms with Gasteiger partial charge in [-0.15, -0.1) is 0 Å². The van der Waals surface area contributed by atoms with Crippen molar-refractivity contribution in [3.8, 4) is 0 Å². The van der Waals surface area contributed by atoms with Crippen LogP contribution >= 0.6 is 0 Å². The molecule has 6 heteroatoms. The second kappa shape index (κ2) is 9.33. The minimum Gasteiger partial charge on any atom is -0.465 e. The molecule has 0 amide bonds. The van der Waals surface area contributed by atoms with Gasteiger partial charge in [0.15, 0.2) is 0 Å². The lowest BCUT2D eigenvalue weighted by molar-refractivity contribution is -0.146. The minimum atomic E-state index is -3.71. The van der Waals surface area contributed by atoms with E-state index in [1.165, 1.54) is 0 Å². The smallest absolute Gasteiger partial charge is 0.324 e. The summed E-state index contributed by atoms with van der Waals surface area (Å²) >= 11 is 0. The van der Waals surface area contributed by atoms with E-state index < -0.39 is 26.8 Å². The molecule has 0 aromatic heterocycles. The van der Waals surface area contributed by atoms with Crippen molar-refractivity contribution in [2.45, 2.75) is 52.3 Å². The van der Waals surface area contributed by atoms with E-state index in [4.69, 9.17) is 4.74 Å². The molecule has 0 spiro atoms. The molecule has 0 saturated heterocycles. The Hall–Kier alpha value is -1.66. The molecule has 26 heavy (non-hydrogen) atoms. The fourth-order valence-corrected chi connectivity index (χ4v) is 3.31. The molecular formula is C20H31NO4S. The van der Waals surface area contributed by atoms with Crippen LogP contribution in [0, 0.1) is 11.8 Å². The maximum atomic E-state index is 12.6. The standard InChI is InChI=1S/C20H31NO4S/c1-7-25-19(22)18(21-26(23,24)20(4,5)6)17(15(2)3)14-13-16-11-9-8-10-12-16/h8-15,17-18,21H,7H2,1-6H3/b14-13+/t17-,18-/m0/s1.